The predicted octanol–water partition coefficient (Wildman–Crippen LogP) is 3.86. The van der Waals surface area contributed by atoms with Crippen LogP contribution in [0, 0.1) is 11.3 Å². The summed E-state index contributed by atoms with van der Waals surface area (Å²) in [6.07, 6.45) is 7.01. The minimum absolute atomic E-state index is 0.131. The van der Waals surface area contributed by atoms with Gasteiger partial charge in [0.25, 0.3) is 0 Å². The van der Waals surface area contributed by atoms with Gasteiger partial charge in [0.1, 0.15) is 41.7 Å². The van der Waals surface area contributed by atoms with Gasteiger partial charge in [-0.1, -0.05) is 6.07 Å². The molecule has 184 valence electrons. The van der Waals surface area contributed by atoms with E-state index >= 15 is 0 Å². The largest absolute Gasteiger partial charge is 0.490 e. The zero-order valence-corrected chi connectivity index (χ0v) is 20.3. The van der Waals surface area contributed by atoms with Crippen molar-refractivity contribution in [2.45, 2.75) is 38.4 Å². The normalized spacial score (nSPS) is 14.6. The van der Waals surface area contributed by atoms with Crippen LogP contribution in [-0.2, 0) is 0 Å². The molecule has 0 radical (unpaired) electrons. The number of nitriles is 1. The number of piperidine rings is 1. The van der Waals surface area contributed by atoms with Crippen LogP contribution in [0.1, 0.15) is 32.4 Å². The highest BCUT2D eigenvalue weighted by molar-refractivity contribution is 5.68. The van der Waals surface area contributed by atoms with Gasteiger partial charge in [-0.25, -0.2) is 15.0 Å². The molecule has 36 heavy (non-hydrogen) atoms. The number of fused-ring (bicyclic) bond motifs is 1. The zero-order valence-electron chi connectivity index (χ0n) is 20.3. The number of rotatable bonds is 7. The van der Waals surface area contributed by atoms with Gasteiger partial charge in [-0.3, -0.25) is 4.40 Å². The van der Waals surface area contributed by atoms with Crippen molar-refractivity contribution in [3.05, 3.63) is 66.7 Å². The van der Waals surface area contributed by atoms with Crippen LogP contribution in [0.15, 0.2) is 61.1 Å². The Bertz CT molecular complexity index is 1370. The maximum Gasteiger partial charge on any atom is 0.213 e. The molecule has 1 saturated heterocycles. The second-order valence-electron chi connectivity index (χ2n) is 9.50. The topological polar surface area (TPSA) is 109 Å². The Kier molecular flexibility index (Phi) is 6.44. The molecule has 0 unspecified atom stereocenters. The highest BCUT2D eigenvalue weighted by Gasteiger charge is 2.22. The van der Waals surface area contributed by atoms with E-state index in [1.807, 2.05) is 42.6 Å². The van der Waals surface area contributed by atoms with Gasteiger partial charge in [0.2, 0.25) is 5.88 Å². The fourth-order valence-corrected chi connectivity index (χ4v) is 4.24. The lowest BCUT2D eigenvalue weighted by Gasteiger charge is -2.32. The number of ether oxygens (including phenoxy) is 2. The highest BCUT2D eigenvalue weighted by Crippen LogP contribution is 2.29. The van der Waals surface area contributed by atoms with Gasteiger partial charge < -0.3 is 19.5 Å². The molecule has 0 bridgehead atoms. The zero-order chi connectivity index (χ0) is 25.1. The molecule has 9 heteroatoms. The molecule has 1 fully saturated rings. The number of aliphatic hydroxyl groups is 1. The van der Waals surface area contributed by atoms with Crippen molar-refractivity contribution < 1.29 is 14.6 Å². The third-order valence-corrected chi connectivity index (χ3v) is 6.02. The Hall–Kier alpha value is -4.16. The van der Waals surface area contributed by atoms with Gasteiger partial charge in [-0.15, -0.1) is 0 Å². The molecule has 0 amide bonds. The molecule has 0 atom stereocenters. The van der Waals surface area contributed by atoms with Gasteiger partial charge in [0.05, 0.1) is 17.5 Å². The summed E-state index contributed by atoms with van der Waals surface area (Å²) in [5.41, 5.74) is 1.62. The third kappa shape index (κ3) is 5.24. The quantitative estimate of drug-likeness (QED) is 0.421. The van der Waals surface area contributed by atoms with E-state index in [0.717, 1.165) is 43.0 Å². The molecule has 0 spiro atoms. The van der Waals surface area contributed by atoms with Crippen molar-refractivity contribution in [3.8, 4) is 29.0 Å². The van der Waals surface area contributed by atoms with E-state index in [0.29, 0.717) is 23.0 Å². The van der Waals surface area contributed by atoms with E-state index in [-0.39, 0.29) is 12.7 Å². The monoisotopic (exact) mass is 484 g/mol. The number of hydrogen-bond donors (Lipinski definition) is 1. The van der Waals surface area contributed by atoms with Crippen molar-refractivity contribution in [2.75, 3.05) is 24.6 Å². The maximum absolute atomic E-state index is 10.1. The number of hydrogen-bond acceptors (Lipinski definition) is 8. The Morgan fingerprint density at radius 3 is 2.58 bits per heavy atom. The summed E-state index contributed by atoms with van der Waals surface area (Å²) in [6.45, 7) is 5.19. The second-order valence-corrected chi connectivity index (χ2v) is 9.50. The number of nitrogens with zero attached hydrogens (tertiary/aromatic N) is 6. The standard InChI is InChI=1S/C27H28N6O3/c1-27(2,34)18-35-22-13-23(33-20(15-28)17-31-25(33)14-22)19-6-7-24(30-16-19)32-11-8-21(9-12-32)36-26-5-3-4-10-29-26/h3-7,10,13-14,16-17,21,34H,8-9,11-12,18H2,1-2H3. The molecular formula is C27H28N6O3. The number of pyridine rings is 3. The summed E-state index contributed by atoms with van der Waals surface area (Å²) in [5, 5.41) is 19.6. The molecule has 5 rings (SSSR count). The van der Waals surface area contributed by atoms with Gasteiger partial charge in [-0.2, -0.15) is 5.26 Å². The van der Waals surface area contributed by atoms with E-state index < -0.39 is 5.60 Å². The second kappa shape index (κ2) is 9.84. The Morgan fingerprint density at radius 1 is 1.08 bits per heavy atom. The molecule has 4 aromatic heterocycles. The minimum Gasteiger partial charge on any atom is -0.490 e. The van der Waals surface area contributed by atoms with Crippen molar-refractivity contribution in [1.82, 2.24) is 19.4 Å². The van der Waals surface area contributed by atoms with Crippen molar-refractivity contribution in [2.24, 2.45) is 0 Å². The molecular weight excluding hydrogens is 456 g/mol. The molecule has 0 aliphatic carbocycles. The van der Waals surface area contributed by atoms with Gasteiger partial charge in [0, 0.05) is 62.1 Å². The lowest BCUT2D eigenvalue weighted by molar-refractivity contribution is 0.0285. The Labute approximate surface area is 209 Å². The van der Waals surface area contributed by atoms with Crippen LogP contribution in [0.3, 0.4) is 0 Å². The van der Waals surface area contributed by atoms with Crippen molar-refractivity contribution >= 4 is 11.5 Å². The first-order valence-electron chi connectivity index (χ1n) is 12.0. The fraction of sp³-hybridized carbons (Fsp3) is 0.333. The molecule has 4 aromatic rings. The molecule has 5 heterocycles. The van der Waals surface area contributed by atoms with Crippen LogP contribution in [0.5, 0.6) is 11.6 Å². The van der Waals surface area contributed by atoms with Gasteiger partial charge in [-0.05, 0) is 32.0 Å². The average Bonchev–Trinajstić information content (AvgIpc) is 3.31. The number of imidazole rings is 1. The highest BCUT2D eigenvalue weighted by atomic mass is 16.5. The van der Waals surface area contributed by atoms with Crippen LogP contribution in [0.25, 0.3) is 16.9 Å². The molecule has 1 N–H and O–H groups in total. The minimum atomic E-state index is -0.973. The summed E-state index contributed by atoms with van der Waals surface area (Å²) in [4.78, 5) is 15.6. The fourth-order valence-electron chi connectivity index (χ4n) is 4.24. The first-order valence-corrected chi connectivity index (χ1v) is 12.0. The van der Waals surface area contributed by atoms with Crippen LogP contribution >= 0.6 is 0 Å². The van der Waals surface area contributed by atoms with Gasteiger partial charge >= 0.3 is 0 Å². The molecule has 9 nitrogen and oxygen atoms in total. The smallest absolute Gasteiger partial charge is 0.213 e. The maximum atomic E-state index is 10.1. The van der Waals surface area contributed by atoms with Crippen molar-refractivity contribution in [1.29, 1.82) is 5.26 Å². The molecule has 0 saturated carbocycles. The van der Waals surface area contributed by atoms with E-state index in [4.69, 9.17) is 14.5 Å². The van der Waals surface area contributed by atoms with E-state index in [1.54, 1.807) is 30.5 Å². The number of anilines is 1. The summed E-state index contributed by atoms with van der Waals surface area (Å²) < 4.78 is 13.6. The average molecular weight is 485 g/mol. The lowest BCUT2D eigenvalue weighted by Crippen LogP contribution is -2.38. The Morgan fingerprint density at radius 2 is 1.92 bits per heavy atom. The summed E-state index contributed by atoms with van der Waals surface area (Å²) in [6, 6.07) is 15.5. The molecule has 1 aliphatic rings. The predicted molar refractivity (Wildman–Crippen MR) is 135 cm³/mol. The first kappa shape index (κ1) is 23.6. The van der Waals surface area contributed by atoms with Gasteiger partial charge in [0.15, 0.2) is 0 Å². The van der Waals surface area contributed by atoms with E-state index in [1.165, 1.54) is 6.20 Å². The van der Waals surface area contributed by atoms with Crippen LogP contribution in [-0.4, -0.2) is 55.9 Å². The van der Waals surface area contributed by atoms with Crippen LogP contribution < -0.4 is 14.4 Å². The molecule has 1 aliphatic heterocycles. The van der Waals surface area contributed by atoms with Crippen LogP contribution in [0.4, 0.5) is 5.82 Å². The summed E-state index contributed by atoms with van der Waals surface area (Å²) in [5.74, 6) is 2.12. The molecule has 0 aromatic carbocycles. The first-order chi connectivity index (χ1) is 17.4. The van der Waals surface area contributed by atoms with Crippen molar-refractivity contribution in [3.63, 3.8) is 0 Å². The van der Waals surface area contributed by atoms with Crippen LogP contribution in [0.2, 0.25) is 0 Å². The summed E-state index contributed by atoms with van der Waals surface area (Å²) >= 11 is 0. The van der Waals surface area contributed by atoms with E-state index in [2.05, 4.69) is 20.9 Å². The SMILES string of the molecule is CC(C)(O)COc1cc(-c2ccc(N3CCC(Oc4ccccn4)CC3)nc2)n2c(C#N)cnc2c1. The Balaban J connectivity index is 1.34. The number of aromatic nitrogens is 4. The van der Waals surface area contributed by atoms with E-state index in [9.17, 15) is 10.4 Å². The summed E-state index contributed by atoms with van der Waals surface area (Å²) in [7, 11) is 0. The lowest BCUT2D eigenvalue weighted by atomic mass is 10.1. The third-order valence-electron chi connectivity index (χ3n) is 6.02.